The number of aliphatic hydroxyl groups excluding tert-OH is 1. The first-order valence-corrected chi connectivity index (χ1v) is 6.38. The minimum absolute atomic E-state index is 0.0400. The average Bonchev–Trinajstić information content (AvgIpc) is 2.17. The van der Waals surface area contributed by atoms with Gasteiger partial charge in [0.15, 0.2) is 0 Å². The Labute approximate surface area is 99.8 Å². The van der Waals surface area contributed by atoms with Crippen LogP contribution in [0, 0.1) is 5.41 Å². The molecule has 0 aromatic heterocycles. The van der Waals surface area contributed by atoms with Crippen molar-refractivity contribution in [2.75, 3.05) is 26.7 Å². The number of hydrogen-bond donors (Lipinski definition) is 1. The first-order valence-electron chi connectivity index (χ1n) is 6.38. The minimum Gasteiger partial charge on any atom is -0.391 e. The molecule has 3 heteroatoms. The summed E-state index contributed by atoms with van der Waals surface area (Å²) in [4.78, 5) is 2.19. The van der Waals surface area contributed by atoms with Gasteiger partial charge in [0.05, 0.1) is 12.2 Å². The van der Waals surface area contributed by atoms with E-state index in [1.807, 2.05) is 0 Å². The van der Waals surface area contributed by atoms with Crippen LogP contribution in [0.5, 0.6) is 0 Å². The predicted molar refractivity (Wildman–Crippen MR) is 66.5 cm³/mol. The maximum absolute atomic E-state index is 10.0. The van der Waals surface area contributed by atoms with Crippen molar-refractivity contribution in [1.29, 1.82) is 0 Å². The first kappa shape index (κ1) is 13.9. The highest BCUT2D eigenvalue weighted by molar-refractivity contribution is 4.77. The van der Waals surface area contributed by atoms with Gasteiger partial charge < -0.3 is 14.7 Å². The lowest BCUT2D eigenvalue weighted by Gasteiger charge is -2.32. The summed E-state index contributed by atoms with van der Waals surface area (Å²) in [5, 5.41) is 10.0. The highest BCUT2D eigenvalue weighted by Gasteiger charge is 2.24. The van der Waals surface area contributed by atoms with E-state index >= 15 is 0 Å². The molecule has 0 radical (unpaired) electrons. The van der Waals surface area contributed by atoms with Gasteiger partial charge in [-0.1, -0.05) is 20.8 Å². The molecule has 2 atom stereocenters. The molecule has 1 aliphatic rings. The SMILES string of the molecule is CN(CC1CCCCO1)CC(O)C(C)(C)C. The Balaban J connectivity index is 2.26. The Bertz CT molecular complexity index is 195. The smallest absolute Gasteiger partial charge is 0.0715 e. The van der Waals surface area contributed by atoms with Gasteiger partial charge in [0.1, 0.15) is 0 Å². The number of hydrogen-bond acceptors (Lipinski definition) is 3. The van der Waals surface area contributed by atoms with Gasteiger partial charge in [0, 0.05) is 19.7 Å². The standard InChI is InChI=1S/C13H27NO2/c1-13(2,3)12(15)10-14(4)9-11-7-5-6-8-16-11/h11-12,15H,5-10H2,1-4H3. The van der Waals surface area contributed by atoms with E-state index in [4.69, 9.17) is 4.74 Å². The van der Waals surface area contributed by atoms with E-state index in [1.165, 1.54) is 12.8 Å². The molecule has 1 N–H and O–H groups in total. The van der Waals surface area contributed by atoms with Crippen molar-refractivity contribution in [1.82, 2.24) is 4.90 Å². The van der Waals surface area contributed by atoms with Crippen LogP contribution in [0.3, 0.4) is 0 Å². The molecule has 1 aliphatic heterocycles. The van der Waals surface area contributed by atoms with E-state index in [-0.39, 0.29) is 11.5 Å². The number of nitrogens with zero attached hydrogens (tertiary/aromatic N) is 1. The summed E-state index contributed by atoms with van der Waals surface area (Å²) in [5.74, 6) is 0. The molecule has 1 rings (SSSR count). The van der Waals surface area contributed by atoms with E-state index in [2.05, 4.69) is 32.7 Å². The molecule has 0 aliphatic carbocycles. The van der Waals surface area contributed by atoms with E-state index in [0.717, 1.165) is 26.1 Å². The Morgan fingerprint density at radius 2 is 2.06 bits per heavy atom. The fourth-order valence-corrected chi connectivity index (χ4v) is 1.94. The lowest BCUT2D eigenvalue weighted by Crippen LogP contribution is -2.41. The van der Waals surface area contributed by atoms with Crippen LogP contribution >= 0.6 is 0 Å². The number of ether oxygens (including phenoxy) is 1. The van der Waals surface area contributed by atoms with Gasteiger partial charge in [0.2, 0.25) is 0 Å². The molecular weight excluding hydrogens is 202 g/mol. The van der Waals surface area contributed by atoms with Gasteiger partial charge in [-0.3, -0.25) is 0 Å². The van der Waals surface area contributed by atoms with Gasteiger partial charge in [-0.05, 0) is 31.7 Å². The molecule has 16 heavy (non-hydrogen) atoms. The van der Waals surface area contributed by atoms with Crippen molar-refractivity contribution in [3.63, 3.8) is 0 Å². The maximum Gasteiger partial charge on any atom is 0.0715 e. The van der Waals surface area contributed by atoms with E-state index in [9.17, 15) is 5.11 Å². The molecule has 1 saturated heterocycles. The van der Waals surface area contributed by atoms with Crippen molar-refractivity contribution < 1.29 is 9.84 Å². The van der Waals surface area contributed by atoms with Crippen LogP contribution in [0.1, 0.15) is 40.0 Å². The summed E-state index contributed by atoms with van der Waals surface area (Å²) in [6, 6.07) is 0. The van der Waals surface area contributed by atoms with Crippen LogP contribution in [0.25, 0.3) is 0 Å². The second-order valence-corrected chi connectivity index (χ2v) is 6.09. The molecule has 1 heterocycles. The van der Waals surface area contributed by atoms with Gasteiger partial charge >= 0.3 is 0 Å². The van der Waals surface area contributed by atoms with Crippen LogP contribution in [0.15, 0.2) is 0 Å². The lowest BCUT2D eigenvalue weighted by molar-refractivity contribution is -0.0190. The van der Waals surface area contributed by atoms with E-state index < -0.39 is 0 Å². The van der Waals surface area contributed by atoms with Gasteiger partial charge in [-0.2, -0.15) is 0 Å². The van der Waals surface area contributed by atoms with Gasteiger partial charge in [0.25, 0.3) is 0 Å². The molecule has 2 unspecified atom stereocenters. The third-order valence-electron chi connectivity index (χ3n) is 3.27. The molecular formula is C13H27NO2. The minimum atomic E-state index is -0.277. The fraction of sp³-hybridized carbons (Fsp3) is 1.00. The molecule has 3 nitrogen and oxygen atoms in total. The number of rotatable bonds is 4. The second kappa shape index (κ2) is 5.99. The van der Waals surface area contributed by atoms with Crippen LogP contribution < -0.4 is 0 Å². The van der Waals surface area contributed by atoms with Gasteiger partial charge in [-0.15, -0.1) is 0 Å². The van der Waals surface area contributed by atoms with E-state index in [1.54, 1.807) is 0 Å². The monoisotopic (exact) mass is 229 g/mol. The van der Waals surface area contributed by atoms with E-state index in [0.29, 0.717) is 6.10 Å². The maximum atomic E-state index is 10.0. The quantitative estimate of drug-likeness (QED) is 0.799. The van der Waals surface area contributed by atoms with Gasteiger partial charge in [-0.25, -0.2) is 0 Å². The van der Waals surface area contributed by atoms with Crippen molar-refractivity contribution in [2.45, 2.75) is 52.2 Å². The Hall–Kier alpha value is -0.120. The summed E-state index contributed by atoms with van der Waals surface area (Å²) in [6.07, 6.45) is 3.73. The molecule has 96 valence electrons. The molecule has 0 aromatic rings. The van der Waals surface area contributed by atoms with Crippen LogP contribution in [-0.2, 0) is 4.74 Å². The molecule has 0 bridgehead atoms. The summed E-state index contributed by atoms with van der Waals surface area (Å²) in [7, 11) is 2.06. The molecule has 1 fully saturated rings. The van der Waals surface area contributed by atoms with Crippen molar-refractivity contribution in [2.24, 2.45) is 5.41 Å². The third-order valence-corrected chi connectivity index (χ3v) is 3.27. The molecule has 0 aromatic carbocycles. The number of likely N-dealkylation sites (N-methyl/N-ethyl adjacent to an activating group) is 1. The zero-order valence-electron chi connectivity index (χ0n) is 11.2. The van der Waals surface area contributed by atoms with Crippen molar-refractivity contribution in [3.05, 3.63) is 0 Å². The van der Waals surface area contributed by atoms with Crippen molar-refractivity contribution >= 4 is 0 Å². The summed E-state index contributed by atoms with van der Waals surface area (Å²) >= 11 is 0. The first-order chi connectivity index (χ1) is 7.39. The molecule has 0 saturated carbocycles. The zero-order valence-corrected chi connectivity index (χ0v) is 11.2. The zero-order chi connectivity index (χ0) is 12.2. The lowest BCUT2D eigenvalue weighted by atomic mass is 9.89. The highest BCUT2D eigenvalue weighted by Crippen LogP contribution is 2.20. The third kappa shape index (κ3) is 4.81. The summed E-state index contributed by atoms with van der Waals surface area (Å²) in [6.45, 7) is 8.78. The Morgan fingerprint density at radius 3 is 2.56 bits per heavy atom. The average molecular weight is 229 g/mol. The topological polar surface area (TPSA) is 32.7 Å². The summed E-state index contributed by atoms with van der Waals surface area (Å²) in [5.41, 5.74) is -0.0400. The number of aliphatic hydroxyl groups is 1. The highest BCUT2D eigenvalue weighted by atomic mass is 16.5. The predicted octanol–water partition coefficient (Wildman–Crippen LogP) is 1.89. The van der Waals surface area contributed by atoms with Crippen LogP contribution in [0.4, 0.5) is 0 Å². The Kier molecular flexibility index (Phi) is 5.22. The molecule has 0 spiro atoms. The second-order valence-electron chi connectivity index (χ2n) is 6.09. The van der Waals surface area contributed by atoms with Crippen LogP contribution in [0.2, 0.25) is 0 Å². The molecule has 0 amide bonds. The largest absolute Gasteiger partial charge is 0.391 e. The summed E-state index contributed by atoms with van der Waals surface area (Å²) < 4.78 is 5.69. The fourth-order valence-electron chi connectivity index (χ4n) is 1.94. The van der Waals surface area contributed by atoms with Crippen molar-refractivity contribution in [3.8, 4) is 0 Å². The Morgan fingerprint density at radius 1 is 1.38 bits per heavy atom. The van der Waals surface area contributed by atoms with Crippen LogP contribution in [-0.4, -0.2) is 49.0 Å². The normalized spacial score (nSPS) is 24.8.